The van der Waals surface area contributed by atoms with Gasteiger partial charge in [0.15, 0.2) is 0 Å². The lowest BCUT2D eigenvalue weighted by molar-refractivity contribution is -0.274. The topological polar surface area (TPSA) is 9.23 Å². The van der Waals surface area contributed by atoms with E-state index in [-0.39, 0.29) is 11.1 Å². The summed E-state index contributed by atoms with van der Waals surface area (Å²) in [6, 6.07) is 11.4. The van der Waals surface area contributed by atoms with Crippen molar-refractivity contribution in [1.82, 2.24) is 0 Å². The average Bonchev–Trinajstić information content (AvgIpc) is 2.62. The summed E-state index contributed by atoms with van der Waals surface area (Å²) in [6.45, 7) is 2.22. The Balaban J connectivity index is 1.76. The quantitative estimate of drug-likeness (QED) is 0.376. The van der Waals surface area contributed by atoms with Gasteiger partial charge in [-0.25, -0.2) is 8.78 Å². The molecule has 0 radical (unpaired) electrons. The predicted molar refractivity (Wildman–Crippen MR) is 102 cm³/mol. The molecule has 7 heteroatoms. The maximum absolute atomic E-state index is 14.7. The van der Waals surface area contributed by atoms with Crippen LogP contribution >= 0.6 is 0 Å². The lowest BCUT2D eigenvalue weighted by Gasteiger charge is -2.28. The summed E-state index contributed by atoms with van der Waals surface area (Å²) < 4.78 is 69.4. The Morgan fingerprint density at radius 3 is 2.11 bits per heavy atom. The Hall–Kier alpha value is -1.89. The number of halogens is 5. The minimum atomic E-state index is -4.90. The van der Waals surface area contributed by atoms with Gasteiger partial charge in [0.05, 0.1) is 0 Å². The maximum Gasteiger partial charge on any atom is 0.573 e. The molecule has 0 N–H and O–H groups in total. The molecule has 1 aliphatic heterocycles. The Kier molecular flexibility index (Phi) is 6.42. The molecule has 2 aromatic rings. The third-order valence-electron chi connectivity index (χ3n) is 5.47. The van der Waals surface area contributed by atoms with Crippen molar-refractivity contribution in [2.75, 3.05) is 0 Å². The van der Waals surface area contributed by atoms with Crippen molar-refractivity contribution in [3.05, 3.63) is 53.6 Å². The van der Waals surface area contributed by atoms with Crippen LogP contribution in [0.3, 0.4) is 0 Å². The Labute approximate surface area is 163 Å². The van der Waals surface area contributed by atoms with Gasteiger partial charge >= 0.3 is 6.36 Å². The molecule has 0 bridgehead atoms. The van der Waals surface area contributed by atoms with Gasteiger partial charge in [0.1, 0.15) is 17.4 Å². The lowest BCUT2D eigenvalue weighted by atomic mass is 9.91. The van der Waals surface area contributed by atoms with E-state index >= 15 is 0 Å². The van der Waals surface area contributed by atoms with Crippen LogP contribution in [0.15, 0.2) is 36.4 Å². The molecule has 3 rings (SSSR count). The molecule has 0 spiro atoms. The molecular weight excluding hydrogens is 391 g/mol. The highest BCUT2D eigenvalue weighted by Gasteiger charge is 2.31. The van der Waals surface area contributed by atoms with E-state index in [9.17, 15) is 22.0 Å². The second-order valence-corrected chi connectivity index (χ2v) is 10.9. The van der Waals surface area contributed by atoms with Gasteiger partial charge in [0.2, 0.25) is 0 Å². The van der Waals surface area contributed by atoms with Crippen molar-refractivity contribution < 1.29 is 26.7 Å². The molecule has 28 heavy (non-hydrogen) atoms. The number of hydrogen-bond acceptors (Lipinski definition) is 1. The van der Waals surface area contributed by atoms with E-state index in [1.807, 2.05) is 6.07 Å². The van der Waals surface area contributed by atoms with E-state index in [0.717, 1.165) is 30.5 Å². The Morgan fingerprint density at radius 1 is 0.964 bits per heavy atom. The summed E-state index contributed by atoms with van der Waals surface area (Å²) in [7, 11) is -0.622. The first-order valence-electron chi connectivity index (χ1n) is 9.62. The molecular formula is C21H23F5OSi. The fourth-order valence-electron chi connectivity index (χ4n) is 4.11. The summed E-state index contributed by atoms with van der Waals surface area (Å²) in [6.07, 6.45) is -1.51. The van der Waals surface area contributed by atoms with Crippen LogP contribution in [0.4, 0.5) is 22.0 Å². The molecule has 0 atom stereocenters. The van der Waals surface area contributed by atoms with Crippen LogP contribution < -0.4 is 4.74 Å². The fraction of sp³-hybridized carbons (Fsp3) is 0.429. The zero-order valence-electron chi connectivity index (χ0n) is 15.7. The normalized spacial score (nSPS) is 20.2. The summed E-state index contributed by atoms with van der Waals surface area (Å²) in [4.78, 5) is 0. The van der Waals surface area contributed by atoms with Crippen LogP contribution in [0.2, 0.25) is 18.1 Å². The molecule has 0 aromatic heterocycles. The lowest BCUT2D eigenvalue weighted by Crippen LogP contribution is -2.20. The number of rotatable bonds is 5. The highest BCUT2D eigenvalue weighted by molar-refractivity contribution is 6.59. The van der Waals surface area contributed by atoms with Crippen molar-refractivity contribution in [2.45, 2.75) is 56.6 Å². The van der Waals surface area contributed by atoms with Crippen LogP contribution in [-0.4, -0.2) is 15.2 Å². The molecule has 1 nitrogen and oxygen atoms in total. The smallest absolute Gasteiger partial charge is 0.406 e. The van der Waals surface area contributed by atoms with Crippen molar-refractivity contribution in [2.24, 2.45) is 0 Å². The summed E-state index contributed by atoms with van der Waals surface area (Å²) >= 11 is 0. The van der Waals surface area contributed by atoms with Gasteiger partial charge < -0.3 is 4.74 Å². The molecule has 1 heterocycles. The van der Waals surface area contributed by atoms with E-state index in [0.29, 0.717) is 12.0 Å². The molecule has 152 valence electrons. The minimum absolute atomic E-state index is 0.0360. The van der Waals surface area contributed by atoms with Gasteiger partial charge in [-0.15, -0.1) is 13.2 Å². The molecule has 1 fully saturated rings. The summed E-state index contributed by atoms with van der Waals surface area (Å²) in [5.41, 5.74) is 0.870. The SMILES string of the molecule is CCC[Si@H]1CC[C@H](c2ccc(-c3ccc(OC(F)(F)F)cc3F)c(F)c2)CC1. The summed E-state index contributed by atoms with van der Waals surface area (Å²) in [5, 5.41) is 0. The zero-order chi connectivity index (χ0) is 20.3. The number of benzene rings is 2. The van der Waals surface area contributed by atoms with Gasteiger partial charge in [-0.1, -0.05) is 43.6 Å². The van der Waals surface area contributed by atoms with E-state index in [2.05, 4.69) is 11.7 Å². The maximum atomic E-state index is 14.7. The first-order valence-corrected chi connectivity index (χ1v) is 12.1. The number of alkyl halides is 3. The van der Waals surface area contributed by atoms with Gasteiger partial charge in [-0.05, 0) is 42.5 Å². The van der Waals surface area contributed by atoms with Gasteiger partial charge in [-0.3, -0.25) is 0 Å². The molecule has 0 saturated carbocycles. The highest BCUT2D eigenvalue weighted by atomic mass is 28.3. The van der Waals surface area contributed by atoms with Crippen molar-refractivity contribution in [1.29, 1.82) is 0 Å². The zero-order valence-corrected chi connectivity index (χ0v) is 16.8. The third-order valence-corrected chi connectivity index (χ3v) is 9.17. The summed E-state index contributed by atoms with van der Waals surface area (Å²) in [5.74, 6) is -1.86. The third kappa shape index (κ3) is 5.13. The van der Waals surface area contributed by atoms with Crippen LogP contribution in [-0.2, 0) is 0 Å². The fourth-order valence-corrected chi connectivity index (χ4v) is 7.54. The van der Waals surface area contributed by atoms with E-state index in [4.69, 9.17) is 0 Å². The molecule has 1 aliphatic rings. The van der Waals surface area contributed by atoms with E-state index < -0.39 is 32.5 Å². The molecule has 1 saturated heterocycles. The number of hydrogen-bond donors (Lipinski definition) is 0. The van der Waals surface area contributed by atoms with E-state index in [1.165, 1.54) is 36.7 Å². The van der Waals surface area contributed by atoms with Crippen molar-refractivity contribution in [3.8, 4) is 16.9 Å². The van der Waals surface area contributed by atoms with Crippen LogP contribution in [0.25, 0.3) is 11.1 Å². The average molecular weight is 414 g/mol. The molecule has 2 aromatic carbocycles. The van der Waals surface area contributed by atoms with Crippen molar-refractivity contribution in [3.63, 3.8) is 0 Å². The van der Waals surface area contributed by atoms with Crippen molar-refractivity contribution >= 4 is 8.80 Å². The predicted octanol–water partition coefficient (Wildman–Crippen LogP) is 7.04. The van der Waals surface area contributed by atoms with E-state index in [1.54, 1.807) is 0 Å². The Bertz CT molecular complexity index is 813. The molecule has 0 aliphatic carbocycles. The second-order valence-electron chi connectivity index (χ2n) is 7.44. The largest absolute Gasteiger partial charge is 0.573 e. The van der Waals surface area contributed by atoms with Gasteiger partial charge in [0, 0.05) is 26.0 Å². The standard InChI is InChI=1S/C21H23F5OSi/c1-2-9-28-10-7-14(8-11-28)15-3-5-17(19(22)12-15)18-6-4-16(13-20(18)23)27-21(24,25)26/h3-6,12-14,28H,2,7-11H2,1H3/t14-,28-. The molecule has 0 unspecified atom stereocenters. The Morgan fingerprint density at radius 2 is 1.57 bits per heavy atom. The monoisotopic (exact) mass is 414 g/mol. The van der Waals surface area contributed by atoms with Crippen LogP contribution in [0.5, 0.6) is 5.75 Å². The van der Waals surface area contributed by atoms with Crippen LogP contribution in [0, 0.1) is 11.6 Å². The van der Waals surface area contributed by atoms with Gasteiger partial charge in [-0.2, -0.15) is 0 Å². The second kappa shape index (κ2) is 8.63. The van der Waals surface area contributed by atoms with Gasteiger partial charge in [0.25, 0.3) is 0 Å². The van der Waals surface area contributed by atoms with Crippen LogP contribution in [0.1, 0.15) is 37.7 Å². The first kappa shape index (κ1) is 20.8. The first-order chi connectivity index (χ1) is 13.3. The number of ether oxygens (including phenoxy) is 1. The minimum Gasteiger partial charge on any atom is -0.406 e. The molecule has 0 amide bonds. The highest BCUT2D eigenvalue weighted by Crippen LogP contribution is 2.37.